The van der Waals surface area contributed by atoms with E-state index in [0.29, 0.717) is 19.3 Å². The summed E-state index contributed by atoms with van der Waals surface area (Å²) in [5, 5.41) is 13.6. The molecule has 1 aliphatic rings. The lowest BCUT2D eigenvalue weighted by Crippen LogP contribution is -2.30. The van der Waals surface area contributed by atoms with E-state index in [9.17, 15) is 13.2 Å². The Morgan fingerprint density at radius 2 is 1.85 bits per heavy atom. The Morgan fingerprint density at radius 3 is 2.31 bits per heavy atom. The Balaban J connectivity index is 2.38. The molecule has 1 rings (SSSR count). The molecule has 1 saturated heterocycles. The van der Waals surface area contributed by atoms with E-state index in [-0.39, 0.29) is 0 Å². The normalized spacial score (nSPS) is 21.4. The van der Waals surface area contributed by atoms with E-state index in [4.69, 9.17) is 5.11 Å². The SMILES string of the molecule is OC(/C=N/N1CCCC1)C(F)(F)F. The summed E-state index contributed by atoms with van der Waals surface area (Å²) in [5.74, 6) is 0. The summed E-state index contributed by atoms with van der Waals surface area (Å²) in [6.45, 7) is 1.34. The van der Waals surface area contributed by atoms with Gasteiger partial charge in [-0.05, 0) is 12.8 Å². The van der Waals surface area contributed by atoms with Gasteiger partial charge in [0.05, 0.1) is 6.21 Å². The van der Waals surface area contributed by atoms with E-state index in [0.717, 1.165) is 12.8 Å². The quantitative estimate of drug-likeness (QED) is 0.668. The molecule has 13 heavy (non-hydrogen) atoms. The molecule has 1 N–H and O–H groups in total. The van der Waals surface area contributed by atoms with Gasteiger partial charge in [-0.15, -0.1) is 0 Å². The molecule has 6 heteroatoms. The van der Waals surface area contributed by atoms with Crippen molar-refractivity contribution in [1.29, 1.82) is 0 Å². The smallest absolute Gasteiger partial charge is 0.378 e. The average Bonchev–Trinajstić information content (AvgIpc) is 2.50. The maximum Gasteiger partial charge on any atom is 0.419 e. The van der Waals surface area contributed by atoms with Gasteiger partial charge < -0.3 is 5.11 Å². The lowest BCUT2D eigenvalue weighted by Gasteiger charge is -2.12. The van der Waals surface area contributed by atoms with Crippen molar-refractivity contribution < 1.29 is 18.3 Å². The molecule has 0 aromatic heterocycles. The van der Waals surface area contributed by atoms with Crippen molar-refractivity contribution in [2.24, 2.45) is 5.10 Å². The first-order valence-electron chi connectivity index (χ1n) is 4.04. The van der Waals surface area contributed by atoms with Crippen molar-refractivity contribution in [3.05, 3.63) is 0 Å². The van der Waals surface area contributed by atoms with Gasteiger partial charge in [0.2, 0.25) is 0 Å². The first-order valence-corrected chi connectivity index (χ1v) is 4.04. The fraction of sp³-hybridized carbons (Fsp3) is 0.857. The monoisotopic (exact) mass is 196 g/mol. The van der Waals surface area contributed by atoms with Gasteiger partial charge in [0.15, 0.2) is 6.10 Å². The van der Waals surface area contributed by atoms with Gasteiger partial charge in [-0.1, -0.05) is 0 Å². The van der Waals surface area contributed by atoms with E-state index in [1.807, 2.05) is 0 Å². The summed E-state index contributed by atoms with van der Waals surface area (Å²) in [5.41, 5.74) is 0. The molecule has 0 saturated carbocycles. The predicted octanol–water partition coefficient (Wildman–Crippen LogP) is 0.991. The Hall–Kier alpha value is -0.780. The molecule has 0 spiro atoms. The topological polar surface area (TPSA) is 35.8 Å². The lowest BCUT2D eigenvalue weighted by molar-refractivity contribution is -0.179. The van der Waals surface area contributed by atoms with Crippen LogP contribution in [-0.2, 0) is 0 Å². The van der Waals surface area contributed by atoms with E-state index in [1.54, 1.807) is 0 Å². The zero-order chi connectivity index (χ0) is 9.90. The molecule has 1 unspecified atom stereocenters. The van der Waals surface area contributed by atoms with Crippen molar-refractivity contribution in [2.45, 2.75) is 25.1 Å². The van der Waals surface area contributed by atoms with E-state index in [2.05, 4.69) is 5.10 Å². The third-order valence-electron chi connectivity index (χ3n) is 1.79. The lowest BCUT2D eigenvalue weighted by atomic mass is 10.4. The number of aliphatic hydroxyl groups is 1. The van der Waals surface area contributed by atoms with Gasteiger partial charge in [0.1, 0.15) is 0 Å². The second kappa shape index (κ2) is 3.95. The molecule has 76 valence electrons. The summed E-state index contributed by atoms with van der Waals surface area (Å²) in [7, 11) is 0. The Morgan fingerprint density at radius 1 is 1.31 bits per heavy atom. The van der Waals surface area contributed by atoms with Gasteiger partial charge in [0.25, 0.3) is 0 Å². The van der Waals surface area contributed by atoms with Crippen LogP contribution in [0.1, 0.15) is 12.8 Å². The zero-order valence-corrected chi connectivity index (χ0v) is 6.96. The molecule has 1 heterocycles. The summed E-state index contributed by atoms with van der Waals surface area (Å²) in [6, 6.07) is 0. The van der Waals surface area contributed by atoms with E-state index < -0.39 is 12.3 Å². The zero-order valence-electron chi connectivity index (χ0n) is 6.96. The van der Waals surface area contributed by atoms with Crippen molar-refractivity contribution >= 4 is 6.21 Å². The minimum Gasteiger partial charge on any atom is -0.378 e. The summed E-state index contributed by atoms with van der Waals surface area (Å²) < 4.78 is 35.3. The number of alkyl halides is 3. The molecule has 0 aliphatic carbocycles. The molecule has 0 radical (unpaired) electrons. The van der Waals surface area contributed by atoms with Crippen LogP contribution in [0.2, 0.25) is 0 Å². The van der Waals surface area contributed by atoms with Crippen molar-refractivity contribution in [3.63, 3.8) is 0 Å². The molecule has 1 aliphatic heterocycles. The largest absolute Gasteiger partial charge is 0.419 e. The van der Waals surface area contributed by atoms with Gasteiger partial charge in [-0.2, -0.15) is 18.3 Å². The number of nitrogens with zero attached hydrogens (tertiary/aromatic N) is 2. The number of hydrogen-bond acceptors (Lipinski definition) is 3. The highest BCUT2D eigenvalue weighted by molar-refractivity contribution is 5.63. The van der Waals surface area contributed by atoms with E-state index in [1.165, 1.54) is 5.01 Å². The highest BCUT2D eigenvalue weighted by Crippen LogP contribution is 2.18. The number of hydrogen-bond donors (Lipinski definition) is 1. The van der Waals surface area contributed by atoms with Gasteiger partial charge in [0, 0.05) is 13.1 Å². The van der Waals surface area contributed by atoms with Gasteiger partial charge in [-0.3, -0.25) is 5.01 Å². The Bertz CT molecular complexity index is 187. The second-order valence-corrected chi connectivity index (χ2v) is 2.91. The summed E-state index contributed by atoms with van der Waals surface area (Å²) >= 11 is 0. The standard InChI is InChI=1S/C7H11F3N2O/c8-7(9,10)6(13)5-11-12-3-1-2-4-12/h5-6,13H,1-4H2/b11-5+. The van der Waals surface area contributed by atoms with Crippen LogP contribution in [-0.4, -0.2) is 41.7 Å². The number of hydrazone groups is 1. The molecule has 0 aromatic carbocycles. The molecular weight excluding hydrogens is 185 g/mol. The van der Waals surface area contributed by atoms with Crippen LogP contribution in [0.15, 0.2) is 5.10 Å². The predicted molar refractivity (Wildman–Crippen MR) is 41.4 cm³/mol. The molecular formula is C7H11F3N2O. The van der Waals surface area contributed by atoms with Crippen molar-refractivity contribution in [3.8, 4) is 0 Å². The number of aliphatic hydroxyl groups excluding tert-OH is 1. The Labute approximate surface area is 73.8 Å². The van der Waals surface area contributed by atoms with Crippen LogP contribution in [0, 0.1) is 0 Å². The third-order valence-corrected chi connectivity index (χ3v) is 1.79. The third kappa shape index (κ3) is 3.22. The van der Waals surface area contributed by atoms with Gasteiger partial charge >= 0.3 is 6.18 Å². The Kier molecular flexibility index (Phi) is 3.13. The van der Waals surface area contributed by atoms with Gasteiger partial charge in [-0.25, -0.2) is 0 Å². The first kappa shape index (κ1) is 10.3. The highest BCUT2D eigenvalue weighted by atomic mass is 19.4. The minimum atomic E-state index is -4.61. The second-order valence-electron chi connectivity index (χ2n) is 2.91. The molecule has 3 nitrogen and oxygen atoms in total. The summed E-state index contributed by atoms with van der Waals surface area (Å²) in [4.78, 5) is 0. The first-order chi connectivity index (χ1) is 6.00. The minimum absolute atomic E-state index is 0.533. The maximum absolute atomic E-state index is 11.8. The molecule has 1 fully saturated rings. The number of halogens is 3. The fourth-order valence-electron chi connectivity index (χ4n) is 1.06. The van der Waals surface area contributed by atoms with Crippen LogP contribution < -0.4 is 0 Å². The van der Waals surface area contributed by atoms with Crippen LogP contribution in [0.3, 0.4) is 0 Å². The number of rotatable bonds is 2. The van der Waals surface area contributed by atoms with Crippen LogP contribution >= 0.6 is 0 Å². The maximum atomic E-state index is 11.8. The van der Waals surface area contributed by atoms with E-state index >= 15 is 0 Å². The molecule has 0 bridgehead atoms. The average molecular weight is 196 g/mol. The highest BCUT2D eigenvalue weighted by Gasteiger charge is 2.37. The molecule has 1 atom stereocenters. The molecule has 0 amide bonds. The van der Waals surface area contributed by atoms with Crippen molar-refractivity contribution in [2.75, 3.05) is 13.1 Å². The summed E-state index contributed by atoms with van der Waals surface area (Å²) in [6.07, 6.45) is -4.64. The van der Waals surface area contributed by atoms with Crippen LogP contribution in [0.4, 0.5) is 13.2 Å². The fourth-order valence-corrected chi connectivity index (χ4v) is 1.06. The van der Waals surface area contributed by atoms with Crippen molar-refractivity contribution in [1.82, 2.24) is 5.01 Å². The molecule has 0 aromatic rings. The van der Waals surface area contributed by atoms with Crippen LogP contribution in [0.5, 0.6) is 0 Å². The van der Waals surface area contributed by atoms with Crippen LogP contribution in [0.25, 0.3) is 0 Å².